The second kappa shape index (κ2) is 17.6. The molecule has 2 aromatic heterocycles. The number of ether oxygens (including phenoxy) is 2. The maximum absolute atomic E-state index is 11.2. The fourth-order valence-electron chi connectivity index (χ4n) is 8.89. The number of nitrogens with zero attached hydrogens (tertiary/aromatic N) is 4. The van der Waals surface area contributed by atoms with Crippen LogP contribution in [0.4, 0.5) is 0 Å². The number of methoxy groups -OCH3 is 2. The Morgan fingerprint density at radius 3 is 1.44 bits per heavy atom. The van der Waals surface area contributed by atoms with Crippen molar-refractivity contribution in [3.8, 4) is 11.5 Å². The molecule has 8 heterocycles. The molecule has 4 bridgehead atoms. The van der Waals surface area contributed by atoms with Gasteiger partial charge in [0.25, 0.3) is 0 Å². The van der Waals surface area contributed by atoms with Gasteiger partial charge < -0.3 is 25.2 Å². The van der Waals surface area contributed by atoms with Crippen molar-refractivity contribution in [1.29, 1.82) is 0 Å². The summed E-state index contributed by atoms with van der Waals surface area (Å²) in [5.74, 6) is 4.01. The minimum atomic E-state index is -4.67. The lowest BCUT2D eigenvalue weighted by Crippen LogP contribution is -2.54. The summed E-state index contributed by atoms with van der Waals surface area (Å²) in [6, 6.07) is 15.9. The van der Waals surface area contributed by atoms with Crippen LogP contribution in [-0.2, 0) is 10.4 Å². The van der Waals surface area contributed by atoms with Crippen LogP contribution in [-0.4, -0.2) is 105 Å². The van der Waals surface area contributed by atoms with Crippen LogP contribution in [0.5, 0.6) is 11.5 Å². The van der Waals surface area contributed by atoms with E-state index >= 15 is 0 Å². The highest BCUT2D eigenvalue weighted by molar-refractivity contribution is 7.79. The van der Waals surface area contributed by atoms with E-state index in [1.54, 1.807) is 26.6 Å². The molecule has 6 fully saturated rings. The molecule has 2 unspecified atom stereocenters. The minimum Gasteiger partial charge on any atom is -0.497 e. The van der Waals surface area contributed by atoms with Crippen LogP contribution in [0.15, 0.2) is 86.2 Å². The first kappa shape index (κ1) is 41.2. The molecule has 6 aliphatic rings. The zero-order chi connectivity index (χ0) is 37.9. The van der Waals surface area contributed by atoms with E-state index in [-0.39, 0.29) is 17.6 Å². The Morgan fingerprint density at radius 1 is 0.741 bits per heavy atom. The summed E-state index contributed by atoms with van der Waals surface area (Å²) in [6.07, 6.45) is 11.2. The number of rotatable bonds is 8. The Labute approximate surface area is 316 Å². The molecular formula is C40H52N4O9S. The number of pyridine rings is 2. The largest absolute Gasteiger partial charge is 0.497 e. The lowest BCUT2D eigenvalue weighted by Gasteiger charge is -2.50. The van der Waals surface area contributed by atoms with Gasteiger partial charge >= 0.3 is 10.4 Å². The molecule has 0 radical (unpaired) electrons. The van der Waals surface area contributed by atoms with Crippen LogP contribution < -0.4 is 9.47 Å². The van der Waals surface area contributed by atoms with Gasteiger partial charge in [0.15, 0.2) is 0 Å². The van der Waals surface area contributed by atoms with E-state index in [4.69, 9.17) is 27.0 Å². The van der Waals surface area contributed by atoms with E-state index in [0.717, 1.165) is 83.5 Å². The summed E-state index contributed by atoms with van der Waals surface area (Å²) in [5.41, 5.74) is 3.69. The van der Waals surface area contributed by atoms with Gasteiger partial charge in [0, 0.05) is 48.3 Å². The molecule has 10 rings (SSSR count). The monoisotopic (exact) mass is 764 g/mol. The van der Waals surface area contributed by atoms with Crippen molar-refractivity contribution >= 4 is 32.2 Å². The maximum atomic E-state index is 11.2. The molecule has 10 atom stereocenters. The Balaban J connectivity index is 0.000000182. The minimum absolute atomic E-state index is 0. The van der Waals surface area contributed by atoms with Gasteiger partial charge in [-0.3, -0.25) is 28.9 Å². The van der Waals surface area contributed by atoms with E-state index in [1.807, 2.05) is 48.5 Å². The Morgan fingerprint density at radius 2 is 1.13 bits per heavy atom. The van der Waals surface area contributed by atoms with Gasteiger partial charge in [0.1, 0.15) is 11.5 Å². The van der Waals surface area contributed by atoms with Gasteiger partial charge in [0.05, 0.1) is 37.5 Å². The van der Waals surface area contributed by atoms with Gasteiger partial charge in [-0.25, -0.2) is 0 Å². The maximum Gasteiger partial charge on any atom is 0.394 e. The number of hydrogen-bond donors (Lipinski definition) is 4. The highest BCUT2D eigenvalue weighted by Crippen LogP contribution is 2.43. The summed E-state index contributed by atoms with van der Waals surface area (Å²) >= 11 is 0. The number of piperidine rings is 6. The van der Waals surface area contributed by atoms with Crippen molar-refractivity contribution in [3.63, 3.8) is 0 Å². The third kappa shape index (κ3) is 9.09. The normalized spacial score (nSPS) is 28.0. The number of aromatic nitrogens is 2. The number of hydrogen-bond acceptors (Lipinski definition) is 10. The third-order valence-electron chi connectivity index (χ3n) is 11.6. The van der Waals surface area contributed by atoms with Crippen LogP contribution in [0.1, 0.15) is 49.0 Å². The van der Waals surface area contributed by atoms with Crippen molar-refractivity contribution in [2.24, 2.45) is 23.7 Å². The van der Waals surface area contributed by atoms with Crippen molar-refractivity contribution in [2.75, 3.05) is 40.4 Å². The summed E-state index contributed by atoms with van der Waals surface area (Å²) in [7, 11) is -1.34. The molecule has 0 spiro atoms. The van der Waals surface area contributed by atoms with Crippen LogP contribution in [0.3, 0.4) is 0 Å². The van der Waals surface area contributed by atoms with Crippen molar-refractivity contribution in [1.82, 2.24) is 19.8 Å². The van der Waals surface area contributed by atoms with E-state index in [0.29, 0.717) is 23.7 Å². The average molecular weight is 765 g/mol. The average Bonchev–Trinajstić information content (AvgIpc) is 3.19. The Bertz CT molecular complexity index is 1890. The van der Waals surface area contributed by atoms with Crippen molar-refractivity contribution < 1.29 is 42.7 Å². The van der Waals surface area contributed by atoms with Crippen LogP contribution >= 0.6 is 0 Å². The van der Waals surface area contributed by atoms with E-state index < -0.39 is 22.6 Å². The first-order chi connectivity index (χ1) is 25.4. The molecule has 14 heteroatoms. The molecule has 6 saturated heterocycles. The second-order valence-electron chi connectivity index (χ2n) is 14.4. The van der Waals surface area contributed by atoms with Crippen LogP contribution in [0.2, 0.25) is 0 Å². The zero-order valence-corrected chi connectivity index (χ0v) is 31.6. The number of aliphatic hydroxyl groups is 2. The predicted octanol–water partition coefficient (Wildman–Crippen LogP) is 4.87. The van der Waals surface area contributed by atoms with E-state index in [1.165, 1.54) is 12.8 Å². The molecule has 6 aliphatic heterocycles. The highest BCUT2D eigenvalue weighted by atomic mass is 32.3. The fourth-order valence-corrected chi connectivity index (χ4v) is 8.89. The molecule has 4 aromatic rings. The first-order valence-electron chi connectivity index (χ1n) is 18.1. The molecule has 13 nitrogen and oxygen atoms in total. The Kier molecular flexibility index (Phi) is 13.5. The smallest absolute Gasteiger partial charge is 0.394 e. The summed E-state index contributed by atoms with van der Waals surface area (Å²) < 4.78 is 42.3. The summed E-state index contributed by atoms with van der Waals surface area (Å²) in [5, 5.41) is 24.3. The number of benzene rings is 2. The van der Waals surface area contributed by atoms with Gasteiger partial charge in [-0.1, -0.05) is 12.2 Å². The van der Waals surface area contributed by atoms with Gasteiger partial charge in [0.2, 0.25) is 0 Å². The summed E-state index contributed by atoms with van der Waals surface area (Å²) in [4.78, 5) is 13.7. The van der Waals surface area contributed by atoms with Gasteiger partial charge in [-0.2, -0.15) is 8.42 Å². The quantitative estimate of drug-likeness (QED) is 0.141. The van der Waals surface area contributed by atoms with Crippen molar-refractivity contribution in [2.45, 2.75) is 50.0 Å². The fraction of sp³-hybridized carbons (Fsp3) is 0.450. The molecule has 2 aromatic carbocycles. The molecular weight excluding hydrogens is 713 g/mol. The molecule has 0 saturated carbocycles. The molecule has 0 aliphatic carbocycles. The standard InChI is InChI=1S/2C20H24N2O2.H2O4S.H2O/c2*1-3-13-12-22-9-7-14(13)10-19(22)20(23)16-6-8-21-18-5-4-15(24-2)11-17(16)18;1-5(2,3)4;/h2*3-6,8,11,13-14,19-20,23H,1,7,9-10,12H2,2H3;(H2,1,2,3,4);1H2/t2*13-,14-,19-,20+;;/m00../s1. The molecule has 0 amide bonds. The lowest BCUT2D eigenvalue weighted by atomic mass is 9.73. The molecule has 54 heavy (non-hydrogen) atoms. The number of fused-ring (bicyclic) bond motifs is 8. The lowest BCUT2D eigenvalue weighted by molar-refractivity contribution is -0.0445. The molecule has 6 N–H and O–H groups in total. The highest BCUT2D eigenvalue weighted by Gasteiger charge is 2.43. The van der Waals surface area contributed by atoms with Crippen molar-refractivity contribution in [3.05, 3.63) is 97.4 Å². The van der Waals surface area contributed by atoms with E-state index in [2.05, 4.69) is 45.1 Å². The Hall–Kier alpha value is -3.99. The first-order valence-corrected chi connectivity index (χ1v) is 19.5. The summed E-state index contributed by atoms with van der Waals surface area (Å²) in [6.45, 7) is 12.1. The van der Waals surface area contributed by atoms with E-state index in [9.17, 15) is 10.2 Å². The molecule has 292 valence electrons. The number of aliphatic hydroxyl groups excluding tert-OH is 2. The SMILES string of the molecule is C=C[C@H]1CN2CC[C@H]1C[C@H]2[C@H](O)c1ccnc2ccc(OC)cc12.C=C[C@H]1CN2CC[C@H]1C[C@H]2[C@H](O)c1ccnc2ccc(OC)cc12.O.O=S(=O)(O)O. The second-order valence-corrected chi connectivity index (χ2v) is 15.3. The van der Waals surface area contributed by atoms with Gasteiger partial charge in [-0.15, -0.1) is 13.2 Å². The zero-order valence-electron chi connectivity index (χ0n) is 30.7. The van der Waals surface area contributed by atoms with Crippen LogP contribution in [0, 0.1) is 23.7 Å². The van der Waals surface area contributed by atoms with Gasteiger partial charge in [-0.05, 0) is 122 Å². The predicted molar refractivity (Wildman–Crippen MR) is 208 cm³/mol. The third-order valence-corrected chi connectivity index (χ3v) is 11.6. The topological polar surface area (TPSA) is 197 Å². The van der Waals surface area contributed by atoms with Crippen LogP contribution in [0.25, 0.3) is 21.8 Å².